The Morgan fingerprint density at radius 3 is 2.78 bits per heavy atom. The molecular formula is C14H17ClN2O. The van der Waals surface area contributed by atoms with Crippen LogP contribution in [-0.4, -0.2) is 25.5 Å². The highest BCUT2D eigenvalue weighted by atomic mass is 35.5. The SMILES string of the molecule is O=C(NCC1(c2cccc(Cl)c2)CC1)C1CNC1. The van der Waals surface area contributed by atoms with Crippen molar-refractivity contribution in [3.05, 3.63) is 34.9 Å². The molecule has 3 rings (SSSR count). The number of halogens is 1. The van der Waals surface area contributed by atoms with Gasteiger partial charge in [-0.2, -0.15) is 0 Å². The highest BCUT2D eigenvalue weighted by Crippen LogP contribution is 2.48. The van der Waals surface area contributed by atoms with E-state index in [1.807, 2.05) is 18.2 Å². The first-order chi connectivity index (χ1) is 8.70. The van der Waals surface area contributed by atoms with E-state index in [2.05, 4.69) is 16.7 Å². The topological polar surface area (TPSA) is 41.1 Å². The van der Waals surface area contributed by atoms with Gasteiger partial charge in [-0.15, -0.1) is 0 Å². The van der Waals surface area contributed by atoms with Crippen LogP contribution in [0.4, 0.5) is 0 Å². The van der Waals surface area contributed by atoms with Crippen LogP contribution in [0.2, 0.25) is 5.02 Å². The van der Waals surface area contributed by atoms with Gasteiger partial charge in [0.05, 0.1) is 5.92 Å². The number of hydrogen-bond donors (Lipinski definition) is 2. The maximum absolute atomic E-state index is 11.8. The molecule has 4 heteroatoms. The Kier molecular flexibility index (Phi) is 3.04. The summed E-state index contributed by atoms with van der Waals surface area (Å²) in [7, 11) is 0. The second-order valence-corrected chi connectivity index (χ2v) is 5.80. The molecule has 0 bridgehead atoms. The van der Waals surface area contributed by atoms with Gasteiger partial charge >= 0.3 is 0 Å². The molecule has 2 aliphatic rings. The molecule has 2 N–H and O–H groups in total. The summed E-state index contributed by atoms with van der Waals surface area (Å²) in [5.74, 6) is 0.349. The van der Waals surface area contributed by atoms with Gasteiger partial charge in [0.1, 0.15) is 0 Å². The molecule has 3 nitrogen and oxygen atoms in total. The Morgan fingerprint density at radius 2 is 2.22 bits per heavy atom. The summed E-state index contributed by atoms with van der Waals surface area (Å²) in [6.07, 6.45) is 2.27. The first-order valence-corrected chi connectivity index (χ1v) is 6.82. The van der Waals surface area contributed by atoms with E-state index in [4.69, 9.17) is 11.6 Å². The van der Waals surface area contributed by atoms with E-state index >= 15 is 0 Å². The number of amides is 1. The van der Waals surface area contributed by atoms with Crippen LogP contribution in [0.15, 0.2) is 24.3 Å². The van der Waals surface area contributed by atoms with Crippen molar-refractivity contribution in [2.45, 2.75) is 18.3 Å². The summed E-state index contributed by atoms with van der Waals surface area (Å²) in [6.45, 7) is 2.37. The number of benzene rings is 1. The third kappa shape index (κ3) is 2.25. The average Bonchev–Trinajstić information content (AvgIpc) is 3.05. The van der Waals surface area contributed by atoms with Crippen molar-refractivity contribution in [1.82, 2.24) is 10.6 Å². The maximum atomic E-state index is 11.8. The molecule has 0 spiro atoms. The molecule has 2 fully saturated rings. The van der Waals surface area contributed by atoms with Gasteiger partial charge in [-0.3, -0.25) is 4.79 Å². The highest BCUT2D eigenvalue weighted by Gasteiger charge is 2.44. The lowest BCUT2D eigenvalue weighted by atomic mass is 9.95. The van der Waals surface area contributed by atoms with Gasteiger partial charge in [0.25, 0.3) is 0 Å². The van der Waals surface area contributed by atoms with Gasteiger partial charge in [0, 0.05) is 30.1 Å². The predicted molar refractivity (Wildman–Crippen MR) is 71.7 cm³/mol. The van der Waals surface area contributed by atoms with Gasteiger partial charge in [0.2, 0.25) is 5.91 Å². The van der Waals surface area contributed by atoms with Crippen LogP contribution in [-0.2, 0) is 10.2 Å². The zero-order chi connectivity index (χ0) is 12.6. The Bertz CT molecular complexity index is 467. The molecule has 96 valence electrons. The molecule has 1 aromatic rings. The average molecular weight is 265 g/mol. The molecule has 1 heterocycles. The van der Waals surface area contributed by atoms with Gasteiger partial charge in [-0.1, -0.05) is 23.7 Å². The predicted octanol–water partition coefficient (Wildman–Crippen LogP) is 1.71. The molecule has 1 aromatic carbocycles. The Balaban J connectivity index is 1.63. The summed E-state index contributed by atoms with van der Waals surface area (Å²) in [6, 6.07) is 8.00. The van der Waals surface area contributed by atoms with Gasteiger partial charge in [-0.25, -0.2) is 0 Å². The first-order valence-electron chi connectivity index (χ1n) is 6.44. The third-order valence-electron chi connectivity index (χ3n) is 4.04. The molecule has 1 aliphatic heterocycles. The van der Waals surface area contributed by atoms with Crippen LogP contribution in [0.1, 0.15) is 18.4 Å². The first kappa shape index (κ1) is 12.0. The van der Waals surface area contributed by atoms with Crippen LogP contribution >= 0.6 is 11.6 Å². The maximum Gasteiger partial charge on any atom is 0.225 e. The summed E-state index contributed by atoms with van der Waals surface area (Å²) >= 11 is 6.03. The van der Waals surface area contributed by atoms with E-state index in [-0.39, 0.29) is 17.2 Å². The molecule has 0 atom stereocenters. The Hall–Kier alpha value is -1.06. The van der Waals surface area contributed by atoms with Gasteiger partial charge < -0.3 is 10.6 Å². The molecule has 0 radical (unpaired) electrons. The lowest BCUT2D eigenvalue weighted by molar-refractivity contribution is -0.126. The minimum Gasteiger partial charge on any atom is -0.355 e. The summed E-state index contributed by atoms with van der Waals surface area (Å²) in [5.41, 5.74) is 1.39. The van der Waals surface area contributed by atoms with E-state index in [0.29, 0.717) is 0 Å². The lowest BCUT2D eigenvalue weighted by Crippen LogP contribution is -2.51. The van der Waals surface area contributed by atoms with Crippen molar-refractivity contribution in [2.24, 2.45) is 5.92 Å². The van der Waals surface area contributed by atoms with Crippen molar-refractivity contribution in [2.75, 3.05) is 19.6 Å². The van der Waals surface area contributed by atoms with E-state index in [9.17, 15) is 4.79 Å². The second-order valence-electron chi connectivity index (χ2n) is 5.36. The number of hydrogen-bond acceptors (Lipinski definition) is 2. The normalized spacial score (nSPS) is 21.2. The van der Waals surface area contributed by atoms with Crippen LogP contribution in [0.25, 0.3) is 0 Å². The number of carbonyl (C=O) groups is 1. The molecule has 1 saturated carbocycles. The van der Waals surface area contributed by atoms with Gasteiger partial charge in [0.15, 0.2) is 0 Å². The number of nitrogens with one attached hydrogen (secondary N) is 2. The Labute approximate surface area is 112 Å². The zero-order valence-electron chi connectivity index (χ0n) is 10.2. The second kappa shape index (κ2) is 4.56. The van der Waals surface area contributed by atoms with Crippen molar-refractivity contribution in [1.29, 1.82) is 0 Å². The minimum atomic E-state index is 0.137. The standard InChI is InChI=1S/C14H17ClN2O/c15-12-3-1-2-11(6-12)14(4-5-14)9-17-13(18)10-7-16-8-10/h1-3,6,10,16H,4-5,7-9H2,(H,17,18). The monoisotopic (exact) mass is 264 g/mol. The van der Waals surface area contributed by atoms with Crippen LogP contribution in [0.3, 0.4) is 0 Å². The fraction of sp³-hybridized carbons (Fsp3) is 0.500. The third-order valence-corrected chi connectivity index (χ3v) is 4.28. The molecule has 0 unspecified atom stereocenters. The minimum absolute atomic E-state index is 0.137. The van der Waals surface area contributed by atoms with E-state index in [0.717, 1.165) is 37.5 Å². The molecule has 1 amide bonds. The Morgan fingerprint density at radius 1 is 1.44 bits per heavy atom. The largest absolute Gasteiger partial charge is 0.355 e. The molecule has 0 aromatic heterocycles. The molecule has 1 aliphatic carbocycles. The van der Waals surface area contributed by atoms with Crippen LogP contribution in [0, 0.1) is 5.92 Å². The summed E-state index contributed by atoms with van der Waals surface area (Å²) in [5, 5.41) is 6.97. The highest BCUT2D eigenvalue weighted by molar-refractivity contribution is 6.30. The molecule has 18 heavy (non-hydrogen) atoms. The van der Waals surface area contributed by atoms with E-state index in [1.165, 1.54) is 5.56 Å². The van der Waals surface area contributed by atoms with Gasteiger partial charge in [-0.05, 0) is 30.5 Å². The van der Waals surface area contributed by atoms with Crippen molar-refractivity contribution in [3.8, 4) is 0 Å². The van der Waals surface area contributed by atoms with Crippen molar-refractivity contribution in [3.63, 3.8) is 0 Å². The quantitative estimate of drug-likeness (QED) is 0.869. The van der Waals surface area contributed by atoms with Crippen molar-refractivity contribution >= 4 is 17.5 Å². The van der Waals surface area contributed by atoms with Crippen molar-refractivity contribution < 1.29 is 4.79 Å². The summed E-state index contributed by atoms with van der Waals surface area (Å²) < 4.78 is 0. The molecular weight excluding hydrogens is 248 g/mol. The van der Waals surface area contributed by atoms with Crippen LogP contribution in [0.5, 0.6) is 0 Å². The number of rotatable bonds is 4. The summed E-state index contributed by atoms with van der Waals surface area (Å²) in [4.78, 5) is 11.8. The van der Waals surface area contributed by atoms with E-state index < -0.39 is 0 Å². The molecule has 1 saturated heterocycles. The zero-order valence-corrected chi connectivity index (χ0v) is 11.0. The fourth-order valence-electron chi connectivity index (χ4n) is 2.41. The fourth-order valence-corrected chi connectivity index (χ4v) is 2.60. The van der Waals surface area contributed by atoms with E-state index in [1.54, 1.807) is 0 Å². The lowest BCUT2D eigenvalue weighted by Gasteiger charge is -2.27. The number of carbonyl (C=O) groups excluding carboxylic acids is 1. The van der Waals surface area contributed by atoms with Crippen LogP contribution < -0.4 is 10.6 Å². The smallest absolute Gasteiger partial charge is 0.225 e.